The molecule has 0 spiro atoms. The zero-order valence-electron chi connectivity index (χ0n) is 19.6. The third-order valence-electron chi connectivity index (χ3n) is 4.93. The van der Waals surface area contributed by atoms with Gasteiger partial charge >= 0.3 is 5.97 Å². The first-order valence-corrected chi connectivity index (χ1v) is 13.2. The lowest BCUT2D eigenvalue weighted by Gasteiger charge is -2.13. The minimum Gasteiger partial charge on any atom is -0.493 e. The van der Waals surface area contributed by atoms with Crippen molar-refractivity contribution in [3.05, 3.63) is 61.9 Å². The fourth-order valence-corrected chi connectivity index (χ4v) is 4.70. The summed E-state index contributed by atoms with van der Waals surface area (Å²) in [5.74, 6) is -1.10. The smallest absolute Gasteiger partial charge is 0.339 e. The Morgan fingerprint density at radius 1 is 1.17 bits per heavy atom. The van der Waals surface area contributed by atoms with Crippen molar-refractivity contribution in [1.82, 2.24) is 4.90 Å². The number of benzene rings is 2. The van der Waals surface area contributed by atoms with E-state index in [9.17, 15) is 19.2 Å². The van der Waals surface area contributed by atoms with E-state index in [1.54, 1.807) is 24.3 Å². The van der Waals surface area contributed by atoms with E-state index in [0.717, 1.165) is 29.5 Å². The van der Waals surface area contributed by atoms with Crippen molar-refractivity contribution in [3.8, 4) is 5.75 Å². The number of carbonyl (C=O) groups excluding carboxylic acids is 4. The van der Waals surface area contributed by atoms with Crippen molar-refractivity contribution in [2.24, 2.45) is 0 Å². The van der Waals surface area contributed by atoms with E-state index in [1.165, 1.54) is 18.2 Å². The first-order chi connectivity index (χ1) is 17.2. The van der Waals surface area contributed by atoms with Crippen LogP contribution in [0.3, 0.4) is 0 Å². The number of imide groups is 1. The molecule has 1 N–H and O–H groups in total. The van der Waals surface area contributed by atoms with Crippen LogP contribution in [-0.2, 0) is 14.3 Å². The zero-order valence-corrected chi connectivity index (χ0v) is 22.8. The summed E-state index contributed by atoms with van der Waals surface area (Å²) in [7, 11) is 0. The molecular weight excluding hydrogens is 572 g/mol. The van der Waals surface area contributed by atoms with Gasteiger partial charge in [-0.15, -0.1) is 0 Å². The summed E-state index contributed by atoms with van der Waals surface area (Å²) in [6.07, 6.45) is 3.18. The zero-order chi connectivity index (χ0) is 26.2. The normalized spacial score (nSPS) is 14.3. The summed E-state index contributed by atoms with van der Waals surface area (Å²) in [4.78, 5) is 51.2. The van der Waals surface area contributed by atoms with Crippen molar-refractivity contribution >= 4 is 74.1 Å². The average Bonchev–Trinajstić information content (AvgIpc) is 3.09. The second-order valence-electron chi connectivity index (χ2n) is 7.62. The monoisotopic (exact) mass is 594 g/mol. The Morgan fingerprint density at radius 2 is 1.94 bits per heavy atom. The lowest BCUT2D eigenvalue weighted by molar-refractivity contribution is -0.127. The number of rotatable bonds is 10. The molecule has 1 fully saturated rings. The van der Waals surface area contributed by atoms with Crippen LogP contribution in [0.15, 0.2) is 45.8 Å². The molecule has 0 saturated carbocycles. The van der Waals surface area contributed by atoms with Crippen LogP contribution in [0.4, 0.5) is 10.5 Å². The van der Waals surface area contributed by atoms with E-state index in [1.807, 2.05) is 13.8 Å². The number of unbranched alkanes of at least 4 members (excludes halogenated alkanes) is 1. The number of nitrogens with zero attached hydrogens (tertiary/aromatic N) is 1. The number of ether oxygens (including phenoxy) is 2. The molecule has 1 aliphatic heterocycles. The highest BCUT2D eigenvalue weighted by Crippen LogP contribution is 2.34. The largest absolute Gasteiger partial charge is 0.493 e. The van der Waals surface area contributed by atoms with E-state index in [4.69, 9.17) is 21.1 Å². The van der Waals surface area contributed by atoms with Crippen LogP contribution in [0.1, 0.15) is 42.6 Å². The van der Waals surface area contributed by atoms with Gasteiger partial charge in [-0.1, -0.05) is 31.0 Å². The van der Waals surface area contributed by atoms with Crippen molar-refractivity contribution < 1.29 is 28.7 Å². The first-order valence-electron chi connectivity index (χ1n) is 11.2. The van der Waals surface area contributed by atoms with Gasteiger partial charge in [-0.25, -0.2) is 4.79 Å². The van der Waals surface area contributed by atoms with Crippen LogP contribution in [0.25, 0.3) is 6.08 Å². The Hall–Kier alpha value is -2.82. The van der Waals surface area contributed by atoms with Crippen LogP contribution < -0.4 is 10.1 Å². The molecule has 190 valence electrons. The molecule has 11 heteroatoms. The Bertz CT molecular complexity index is 1220. The molecule has 2 aromatic carbocycles. The maximum absolute atomic E-state index is 12.8. The molecule has 0 radical (unpaired) electrons. The summed E-state index contributed by atoms with van der Waals surface area (Å²) in [5, 5.41) is 2.22. The number of amides is 3. The molecule has 1 aliphatic rings. The summed E-state index contributed by atoms with van der Waals surface area (Å²) in [6, 6.07) is 9.67. The third-order valence-corrected chi connectivity index (χ3v) is 6.79. The molecule has 0 aliphatic carbocycles. The Balaban J connectivity index is 1.66. The number of esters is 1. The standard InChI is InChI=1S/C25H24BrClN2O6S/c1-3-5-10-35-24(32)17-13-16(7-8-19(17)27)28-22(30)14-29-23(31)21(36-25(29)33)12-15-6-9-20(34-4-2)18(26)11-15/h6-9,11-13H,3-5,10,14H2,1-2H3,(H,28,30)/b21-12-. The highest BCUT2D eigenvalue weighted by molar-refractivity contribution is 9.10. The maximum atomic E-state index is 12.8. The van der Waals surface area contributed by atoms with E-state index < -0.39 is 29.6 Å². The van der Waals surface area contributed by atoms with E-state index >= 15 is 0 Å². The summed E-state index contributed by atoms with van der Waals surface area (Å²) < 4.78 is 11.4. The second-order valence-corrected chi connectivity index (χ2v) is 9.88. The Kier molecular flexibility index (Phi) is 9.98. The highest BCUT2D eigenvalue weighted by Gasteiger charge is 2.36. The Labute approximate surface area is 226 Å². The van der Waals surface area contributed by atoms with E-state index in [2.05, 4.69) is 21.2 Å². The van der Waals surface area contributed by atoms with Gasteiger partial charge in [-0.05, 0) is 83.0 Å². The number of carbonyl (C=O) groups is 4. The lowest BCUT2D eigenvalue weighted by atomic mass is 10.2. The van der Waals surface area contributed by atoms with Crippen molar-refractivity contribution in [2.75, 3.05) is 25.1 Å². The van der Waals surface area contributed by atoms with Gasteiger partial charge in [0, 0.05) is 5.69 Å². The minimum atomic E-state index is -0.602. The molecule has 0 unspecified atom stereocenters. The molecule has 2 aromatic rings. The molecule has 1 heterocycles. The lowest BCUT2D eigenvalue weighted by Crippen LogP contribution is -2.36. The second kappa shape index (κ2) is 12.9. The first kappa shape index (κ1) is 27.8. The van der Waals surface area contributed by atoms with Crippen molar-refractivity contribution in [2.45, 2.75) is 26.7 Å². The van der Waals surface area contributed by atoms with Gasteiger partial charge in [0.25, 0.3) is 11.1 Å². The molecule has 3 rings (SSSR count). The molecule has 1 saturated heterocycles. The van der Waals surface area contributed by atoms with Crippen LogP contribution >= 0.6 is 39.3 Å². The minimum absolute atomic E-state index is 0.112. The summed E-state index contributed by atoms with van der Waals surface area (Å²) in [6.45, 7) is 4.15. The van der Waals surface area contributed by atoms with Crippen LogP contribution in [0.5, 0.6) is 5.75 Å². The van der Waals surface area contributed by atoms with Gasteiger partial charge in [-0.3, -0.25) is 19.3 Å². The number of halogens is 2. The van der Waals surface area contributed by atoms with Crippen molar-refractivity contribution in [1.29, 1.82) is 0 Å². The summed E-state index contributed by atoms with van der Waals surface area (Å²) >= 11 is 10.3. The summed E-state index contributed by atoms with van der Waals surface area (Å²) in [5.41, 5.74) is 1.09. The molecule has 3 amide bonds. The Morgan fingerprint density at radius 3 is 2.64 bits per heavy atom. The number of thioether (sulfide) groups is 1. The molecular formula is C25H24BrClN2O6S. The maximum Gasteiger partial charge on any atom is 0.339 e. The van der Waals surface area contributed by atoms with E-state index in [0.29, 0.717) is 22.4 Å². The molecule has 0 bridgehead atoms. The quantitative estimate of drug-likeness (QED) is 0.200. The van der Waals surface area contributed by atoms with Gasteiger partial charge < -0.3 is 14.8 Å². The average molecular weight is 596 g/mol. The number of anilines is 1. The third kappa shape index (κ3) is 7.11. The van der Waals surface area contributed by atoms with Crippen molar-refractivity contribution in [3.63, 3.8) is 0 Å². The highest BCUT2D eigenvalue weighted by atomic mass is 79.9. The predicted molar refractivity (Wildman–Crippen MR) is 143 cm³/mol. The van der Waals surface area contributed by atoms with E-state index in [-0.39, 0.29) is 27.8 Å². The molecule has 0 aromatic heterocycles. The number of nitrogens with one attached hydrogen (secondary N) is 1. The molecule has 36 heavy (non-hydrogen) atoms. The number of hydrogen-bond donors (Lipinski definition) is 1. The topological polar surface area (TPSA) is 102 Å². The predicted octanol–water partition coefficient (Wildman–Crippen LogP) is 6.13. The fraction of sp³-hybridized carbons (Fsp3) is 0.280. The van der Waals surface area contributed by atoms with Crippen LogP contribution in [0.2, 0.25) is 5.02 Å². The van der Waals surface area contributed by atoms with Gasteiger partial charge in [0.2, 0.25) is 5.91 Å². The van der Waals surface area contributed by atoms with Gasteiger partial charge in [0.05, 0.1) is 33.2 Å². The van der Waals surface area contributed by atoms with Gasteiger partial charge in [0.15, 0.2) is 0 Å². The van der Waals surface area contributed by atoms with Gasteiger partial charge in [0.1, 0.15) is 12.3 Å². The van der Waals surface area contributed by atoms with Crippen LogP contribution in [0, 0.1) is 0 Å². The van der Waals surface area contributed by atoms with Crippen LogP contribution in [-0.4, -0.2) is 47.7 Å². The molecule has 0 atom stereocenters. The molecule has 8 nitrogen and oxygen atoms in total. The number of hydrogen-bond acceptors (Lipinski definition) is 7. The fourth-order valence-electron chi connectivity index (χ4n) is 3.16. The van der Waals surface area contributed by atoms with Gasteiger partial charge in [-0.2, -0.15) is 0 Å². The SMILES string of the molecule is CCCCOC(=O)c1cc(NC(=O)CN2C(=O)S/C(=C\c3ccc(OCC)c(Br)c3)C2=O)ccc1Cl.